The maximum atomic E-state index is 13.3. The Morgan fingerprint density at radius 2 is 1.78 bits per heavy atom. The number of alkyl halides is 3. The molecule has 2 atom stereocenters. The average Bonchev–Trinajstić information content (AvgIpc) is 3.43. The van der Waals surface area contributed by atoms with Gasteiger partial charge in [0.25, 0.3) is 0 Å². The Morgan fingerprint density at radius 3 is 2.52 bits per heavy atom. The second-order valence-electron chi connectivity index (χ2n) is 6.53. The highest BCUT2D eigenvalue weighted by Crippen LogP contribution is 2.50. The molecule has 0 unspecified atom stereocenters. The van der Waals surface area contributed by atoms with Crippen LogP contribution >= 0.6 is 0 Å². The monoisotopic (exact) mass is 381 g/mol. The Kier molecular flexibility index (Phi) is 4.20. The molecule has 1 saturated carbocycles. The molecule has 142 valence electrons. The summed E-state index contributed by atoms with van der Waals surface area (Å²) in [5.41, 5.74) is -0.574. The number of anilines is 1. The lowest BCUT2D eigenvalue weighted by molar-refractivity contribution is -0.140. The fourth-order valence-corrected chi connectivity index (χ4v) is 3.20. The molecule has 2 aromatic carbocycles. The fourth-order valence-electron chi connectivity index (χ4n) is 3.20. The van der Waals surface area contributed by atoms with Gasteiger partial charge in [-0.2, -0.15) is 13.2 Å². The summed E-state index contributed by atoms with van der Waals surface area (Å²) in [6.07, 6.45) is -4.24. The van der Waals surface area contributed by atoms with Crippen LogP contribution in [0.4, 0.5) is 23.2 Å². The standard InChI is InChI=1S/C19H15F4NO3/c20-15-3-2-11(8-14(15)19(21,22)23)24-18(25)13-9-12(13)10-1-4-16-17(7-10)27-6-5-26-16/h1-4,7-8,12-13H,5-6,9H2,(H,24,25)/t12-,13-/m0/s1. The summed E-state index contributed by atoms with van der Waals surface area (Å²) in [6.45, 7) is 0.940. The largest absolute Gasteiger partial charge is 0.486 e. The van der Waals surface area contributed by atoms with E-state index >= 15 is 0 Å². The van der Waals surface area contributed by atoms with Crippen molar-refractivity contribution < 1.29 is 31.8 Å². The van der Waals surface area contributed by atoms with Gasteiger partial charge in [0.2, 0.25) is 5.91 Å². The van der Waals surface area contributed by atoms with Crippen molar-refractivity contribution in [1.82, 2.24) is 0 Å². The van der Waals surface area contributed by atoms with Gasteiger partial charge < -0.3 is 14.8 Å². The van der Waals surface area contributed by atoms with Gasteiger partial charge in [-0.25, -0.2) is 4.39 Å². The molecule has 1 aliphatic carbocycles. The van der Waals surface area contributed by atoms with E-state index in [2.05, 4.69) is 5.32 Å². The van der Waals surface area contributed by atoms with Crippen LogP contribution in [0.25, 0.3) is 0 Å². The first-order valence-corrected chi connectivity index (χ1v) is 8.40. The molecule has 27 heavy (non-hydrogen) atoms. The average molecular weight is 381 g/mol. The fraction of sp³-hybridized carbons (Fsp3) is 0.316. The van der Waals surface area contributed by atoms with Gasteiger partial charge in [-0.1, -0.05) is 6.07 Å². The summed E-state index contributed by atoms with van der Waals surface area (Å²) in [6, 6.07) is 7.88. The van der Waals surface area contributed by atoms with E-state index in [4.69, 9.17) is 9.47 Å². The van der Waals surface area contributed by atoms with E-state index in [0.717, 1.165) is 11.6 Å². The predicted molar refractivity (Wildman–Crippen MR) is 88.3 cm³/mol. The molecule has 4 rings (SSSR count). The van der Waals surface area contributed by atoms with E-state index in [1.807, 2.05) is 12.1 Å². The highest BCUT2D eigenvalue weighted by atomic mass is 19.4. The summed E-state index contributed by atoms with van der Waals surface area (Å²) < 4.78 is 62.7. The van der Waals surface area contributed by atoms with Gasteiger partial charge in [-0.15, -0.1) is 0 Å². The van der Waals surface area contributed by atoms with Crippen LogP contribution in [0, 0.1) is 11.7 Å². The van der Waals surface area contributed by atoms with Crippen molar-refractivity contribution in [3.05, 3.63) is 53.3 Å². The number of rotatable bonds is 3. The summed E-state index contributed by atoms with van der Waals surface area (Å²) in [7, 11) is 0. The minimum atomic E-state index is -4.82. The van der Waals surface area contributed by atoms with Crippen molar-refractivity contribution in [2.45, 2.75) is 18.5 Å². The number of fused-ring (bicyclic) bond motifs is 1. The first-order valence-electron chi connectivity index (χ1n) is 8.40. The molecule has 0 bridgehead atoms. The van der Waals surface area contributed by atoms with Crippen molar-refractivity contribution in [3.8, 4) is 11.5 Å². The van der Waals surface area contributed by atoms with Crippen LogP contribution in [0.15, 0.2) is 36.4 Å². The van der Waals surface area contributed by atoms with Gasteiger partial charge in [0.15, 0.2) is 11.5 Å². The molecule has 2 aromatic rings. The van der Waals surface area contributed by atoms with E-state index in [9.17, 15) is 22.4 Å². The number of ether oxygens (including phenoxy) is 2. The minimum absolute atomic E-state index is 0.0386. The molecule has 8 heteroatoms. The molecule has 0 radical (unpaired) electrons. The van der Waals surface area contributed by atoms with Crippen LogP contribution in [-0.4, -0.2) is 19.1 Å². The number of carbonyl (C=O) groups excluding carboxylic acids is 1. The Hall–Kier alpha value is -2.77. The minimum Gasteiger partial charge on any atom is -0.486 e. The second-order valence-corrected chi connectivity index (χ2v) is 6.53. The predicted octanol–water partition coefficient (Wildman–Crippen LogP) is 4.36. The zero-order valence-corrected chi connectivity index (χ0v) is 14.0. The van der Waals surface area contributed by atoms with Crippen molar-refractivity contribution >= 4 is 11.6 Å². The zero-order chi connectivity index (χ0) is 19.2. The molecule has 0 aromatic heterocycles. The third kappa shape index (κ3) is 3.56. The van der Waals surface area contributed by atoms with E-state index in [1.54, 1.807) is 6.07 Å². The van der Waals surface area contributed by atoms with E-state index in [1.165, 1.54) is 0 Å². The van der Waals surface area contributed by atoms with Gasteiger partial charge >= 0.3 is 6.18 Å². The second kappa shape index (κ2) is 6.44. The molecule has 4 nitrogen and oxygen atoms in total. The smallest absolute Gasteiger partial charge is 0.419 e. The Morgan fingerprint density at radius 1 is 1.04 bits per heavy atom. The van der Waals surface area contributed by atoms with E-state index in [0.29, 0.717) is 43.3 Å². The van der Waals surface area contributed by atoms with Crippen LogP contribution in [0.2, 0.25) is 0 Å². The highest BCUT2D eigenvalue weighted by molar-refractivity contribution is 5.95. The number of nitrogens with one attached hydrogen (secondary N) is 1. The van der Waals surface area contributed by atoms with Crippen molar-refractivity contribution in [2.75, 3.05) is 18.5 Å². The lowest BCUT2D eigenvalue weighted by Gasteiger charge is -2.18. The first kappa shape index (κ1) is 17.6. The number of hydrogen-bond acceptors (Lipinski definition) is 3. The number of carbonyl (C=O) groups is 1. The third-order valence-electron chi connectivity index (χ3n) is 4.66. The van der Waals surface area contributed by atoms with Crippen LogP contribution in [0.5, 0.6) is 11.5 Å². The number of halogens is 4. The number of benzene rings is 2. The number of amides is 1. The normalized spacial score (nSPS) is 20.9. The van der Waals surface area contributed by atoms with Gasteiger partial charge in [0.05, 0.1) is 5.56 Å². The summed E-state index contributed by atoms with van der Waals surface area (Å²) in [5, 5.41) is 2.44. The Bertz CT molecular complexity index is 897. The van der Waals surface area contributed by atoms with Crippen LogP contribution < -0.4 is 14.8 Å². The molecule has 0 spiro atoms. The van der Waals surface area contributed by atoms with Crippen LogP contribution in [-0.2, 0) is 11.0 Å². The maximum absolute atomic E-state index is 13.3. The molecule has 1 amide bonds. The van der Waals surface area contributed by atoms with Crippen LogP contribution in [0.1, 0.15) is 23.5 Å². The molecular weight excluding hydrogens is 366 g/mol. The summed E-state index contributed by atoms with van der Waals surface area (Å²) >= 11 is 0. The van der Waals surface area contributed by atoms with Gasteiger partial charge in [-0.05, 0) is 48.2 Å². The Balaban J connectivity index is 1.45. The van der Waals surface area contributed by atoms with Crippen LogP contribution in [0.3, 0.4) is 0 Å². The summed E-state index contributed by atoms with van der Waals surface area (Å²) in [5.74, 6) is -0.887. The first-order chi connectivity index (χ1) is 12.8. The molecule has 1 heterocycles. The quantitative estimate of drug-likeness (QED) is 0.804. The third-order valence-corrected chi connectivity index (χ3v) is 4.66. The zero-order valence-electron chi connectivity index (χ0n) is 14.0. The molecule has 1 N–H and O–H groups in total. The molecule has 2 aliphatic rings. The Labute approximate surface area is 152 Å². The maximum Gasteiger partial charge on any atom is 0.419 e. The highest BCUT2D eigenvalue weighted by Gasteiger charge is 2.44. The van der Waals surface area contributed by atoms with E-state index in [-0.39, 0.29) is 17.5 Å². The molecule has 0 saturated heterocycles. The molecule has 1 fully saturated rings. The van der Waals surface area contributed by atoms with Gasteiger partial charge in [0.1, 0.15) is 19.0 Å². The topological polar surface area (TPSA) is 47.6 Å². The molecular formula is C19H15F4NO3. The lowest BCUT2D eigenvalue weighted by Crippen LogP contribution is -2.16. The van der Waals surface area contributed by atoms with Crippen molar-refractivity contribution in [1.29, 1.82) is 0 Å². The summed E-state index contributed by atoms with van der Waals surface area (Å²) in [4.78, 5) is 12.4. The number of hydrogen-bond donors (Lipinski definition) is 1. The van der Waals surface area contributed by atoms with Gasteiger partial charge in [0, 0.05) is 11.6 Å². The van der Waals surface area contributed by atoms with E-state index < -0.39 is 23.5 Å². The van der Waals surface area contributed by atoms with Gasteiger partial charge in [-0.3, -0.25) is 4.79 Å². The SMILES string of the molecule is O=C(Nc1ccc(F)c(C(F)(F)F)c1)[C@H]1C[C@H]1c1ccc2c(c1)OCCO2. The van der Waals surface area contributed by atoms with Crippen molar-refractivity contribution in [3.63, 3.8) is 0 Å². The molecule has 1 aliphatic heterocycles. The lowest BCUT2D eigenvalue weighted by atomic mass is 10.1. The van der Waals surface area contributed by atoms with Crippen molar-refractivity contribution in [2.24, 2.45) is 5.92 Å².